The van der Waals surface area contributed by atoms with Gasteiger partial charge in [-0.15, -0.1) is 0 Å². The van der Waals surface area contributed by atoms with Crippen molar-refractivity contribution in [1.29, 1.82) is 0 Å². The number of hydrogen-bond acceptors (Lipinski definition) is 2. The van der Waals surface area contributed by atoms with Gasteiger partial charge in [-0.25, -0.2) is 0 Å². The van der Waals surface area contributed by atoms with Crippen molar-refractivity contribution in [2.24, 2.45) is 5.92 Å². The van der Waals surface area contributed by atoms with Crippen LogP contribution in [0.25, 0.3) is 10.8 Å². The van der Waals surface area contributed by atoms with E-state index in [0.29, 0.717) is 6.54 Å². The number of hydrogen-bond donors (Lipinski definition) is 2. The number of amides is 1. The van der Waals surface area contributed by atoms with Gasteiger partial charge in [0.05, 0.1) is 6.04 Å². The van der Waals surface area contributed by atoms with Crippen molar-refractivity contribution in [3.8, 4) is 0 Å². The molecule has 151 valence electrons. The highest BCUT2D eigenvalue weighted by Crippen LogP contribution is 2.25. The van der Waals surface area contributed by atoms with Crippen LogP contribution < -0.4 is 10.6 Å². The Balaban J connectivity index is 1.50. The van der Waals surface area contributed by atoms with Gasteiger partial charge in [0, 0.05) is 13.1 Å². The number of fused-ring (bicyclic) bond motifs is 1. The van der Waals surface area contributed by atoms with Gasteiger partial charge in [0.25, 0.3) is 0 Å². The molecule has 1 aliphatic carbocycles. The van der Waals surface area contributed by atoms with Crippen LogP contribution in [0.15, 0.2) is 42.5 Å². The fourth-order valence-electron chi connectivity index (χ4n) is 4.26. The summed E-state index contributed by atoms with van der Waals surface area (Å²) < 4.78 is 0. The Morgan fingerprint density at radius 2 is 1.86 bits per heavy atom. The zero-order valence-corrected chi connectivity index (χ0v) is 17.1. The van der Waals surface area contributed by atoms with Crippen molar-refractivity contribution in [3.05, 3.63) is 55.0 Å². The van der Waals surface area contributed by atoms with E-state index in [4.69, 9.17) is 0 Å². The summed E-state index contributed by atoms with van der Waals surface area (Å²) >= 11 is 0. The summed E-state index contributed by atoms with van der Waals surface area (Å²) in [5.74, 6) is 0.947. The van der Waals surface area contributed by atoms with Crippen LogP contribution in [0.2, 0.25) is 0 Å². The Morgan fingerprint density at radius 3 is 2.64 bits per heavy atom. The maximum Gasteiger partial charge on any atom is 0.237 e. The van der Waals surface area contributed by atoms with Gasteiger partial charge in [0.1, 0.15) is 0 Å². The normalized spacial score (nSPS) is 16.2. The molecule has 1 radical (unpaired) electrons. The Morgan fingerprint density at radius 1 is 1.07 bits per heavy atom. The third-order valence-corrected chi connectivity index (χ3v) is 6.00. The molecule has 0 aliphatic heterocycles. The molecule has 1 atom stereocenters. The van der Waals surface area contributed by atoms with E-state index < -0.39 is 0 Å². The van der Waals surface area contributed by atoms with Gasteiger partial charge in [-0.05, 0) is 41.2 Å². The lowest BCUT2D eigenvalue weighted by Gasteiger charge is -2.23. The van der Waals surface area contributed by atoms with Crippen molar-refractivity contribution < 1.29 is 4.79 Å². The quantitative estimate of drug-likeness (QED) is 0.581. The first kappa shape index (κ1) is 20.9. The Hall–Kier alpha value is -1.87. The number of benzene rings is 2. The summed E-state index contributed by atoms with van der Waals surface area (Å²) in [5, 5.41) is 9.16. The molecular formula is C25H35N2O. The van der Waals surface area contributed by atoms with Crippen LogP contribution in [-0.4, -0.2) is 18.5 Å². The molecule has 0 bridgehead atoms. The molecule has 2 N–H and O–H groups in total. The summed E-state index contributed by atoms with van der Waals surface area (Å²) in [6.45, 7) is 5.45. The summed E-state index contributed by atoms with van der Waals surface area (Å²) in [5.41, 5.74) is 1.22. The second kappa shape index (κ2) is 11.2. The fraction of sp³-hybridized carbons (Fsp3) is 0.520. The van der Waals surface area contributed by atoms with Crippen molar-refractivity contribution in [3.63, 3.8) is 0 Å². The van der Waals surface area contributed by atoms with E-state index in [9.17, 15) is 4.79 Å². The summed E-state index contributed by atoms with van der Waals surface area (Å²) in [6, 6.07) is 14.8. The first-order valence-corrected chi connectivity index (χ1v) is 11.0. The van der Waals surface area contributed by atoms with Crippen molar-refractivity contribution in [2.75, 3.05) is 6.54 Å². The predicted octanol–water partition coefficient (Wildman–Crippen LogP) is 5.39. The summed E-state index contributed by atoms with van der Waals surface area (Å²) in [6.07, 6.45) is 10.6. The van der Waals surface area contributed by atoms with Crippen LogP contribution >= 0.6 is 0 Å². The molecule has 0 spiro atoms. The highest BCUT2D eigenvalue weighted by Gasteiger charge is 2.18. The second-order valence-corrected chi connectivity index (χ2v) is 8.19. The molecule has 1 saturated carbocycles. The zero-order chi connectivity index (χ0) is 19.6. The van der Waals surface area contributed by atoms with Crippen molar-refractivity contribution in [2.45, 2.75) is 70.4 Å². The molecule has 3 nitrogen and oxygen atoms in total. The van der Waals surface area contributed by atoms with E-state index in [1.54, 1.807) is 0 Å². The number of nitrogens with one attached hydrogen (secondary N) is 2. The van der Waals surface area contributed by atoms with Gasteiger partial charge in [-0.2, -0.15) is 0 Å². The Kier molecular flexibility index (Phi) is 8.35. The van der Waals surface area contributed by atoms with Gasteiger partial charge < -0.3 is 10.6 Å². The highest BCUT2D eigenvalue weighted by molar-refractivity contribution is 5.83. The Labute approximate surface area is 170 Å². The van der Waals surface area contributed by atoms with Crippen LogP contribution in [0.4, 0.5) is 0 Å². The molecule has 2 aromatic carbocycles. The number of carbonyl (C=O) groups is 1. The lowest BCUT2D eigenvalue weighted by molar-refractivity contribution is -0.123. The molecule has 28 heavy (non-hydrogen) atoms. The molecule has 0 saturated heterocycles. The number of unbranched alkanes of at least 4 members (excludes halogenated alkanes) is 1. The minimum absolute atomic E-state index is 0.139. The zero-order valence-electron chi connectivity index (χ0n) is 17.1. The van der Waals surface area contributed by atoms with E-state index in [1.165, 1.54) is 48.4 Å². The minimum atomic E-state index is -0.139. The van der Waals surface area contributed by atoms with Gasteiger partial charge in [0.2, 0.25) is 5.91 Å². The second-order valence-electron chi connectivity index (χ2n) is 8.19. The maximum absolute atomic E-state index is 12.7. The lowest BCUT2D eigenvalue weighted by Crippen LogP contribution is -2.44. The van der Waals surface area contributed by atoms with E-state index in [-0.39, 0.29) is 11.9 Å². The van der Waals surface area contributed by atoms with Crippen LogP contribution in [-0.2, 0) is 11.3 Å². The molecule has 3 heteroatoms. The third kappa shape index (κ3) is 6.34. The minimum Gasteiger partial charge on any atom is -0.355 e. The molecular weight excluding hydrogens is 344 g/mol. The molecule has 0 heterocycles. The average Bonchev–Trinajstić information content (AvgIpc) is 2.74. The number of carbonyl (C=O) groups excluding carboxylic acids is 1. The Bertz CT molecular complexity index is 736. The average molecular weight is 380 g/mol. The molecule has 0 unspecified atom stereocenters. The first-order chi connectivity index (χ1) is 13.8. The number of rotatable bonds is 10. The van der Waals surface area contributed by atoms with Crippen LogP contribution in [0.1, 0.15) is 63.4 Å². The van der Waals surface area contributed by atoms with Crippen LogP contribution in [0.3, 0.4) is 0 Å². The van der Waals surface area contributed by atoms with Crippen molar-refractivity contribution >= 4 is 16.7 Å². The summed E-state index contributed by atoms with van der Waals surface area (Å²) in [7, 11) is 0. The molecule has 2 aromatic rings. The van der Waals surface area contributed by atoms with Crippen molar-refractivity contribution in [1.82, 2.24) is 10.6 Å². The van der Waals surface area contributed by atoms with E-state index in [2.05, 4.69) is 60.0 Å². The maximum atomic E-state index is 12.7. The van der Waals surface area contributed by atoms with Gasteiger partial charge >= 0.3 is 0 Å². The molecule has 1 amide bonds. The molecule has 1 aliphatic rings. The summed E-state index contributed by atoms with van der Waals surface area (Å²) in [4.78, 5) is 12.7. The smallest absolute Gasteiger partial charge is 0.237 e. The third-order valence-electron chi connectivity index (χ3n) is 6.00. The topological polar surface area (TPSA) is 41.1 Å². The standard InChI is InChI=1S/C25H35N2O/c1-2-3-13-24(25(28)26-17-16-20-9-5-4-6-10-20)27-19-21-14-15-22-11-7-8-12-23(22)18-21/h7-8,11-12,14-15,18,20,24,27H,1-6,9-10,13,16-17,19H2,(H,26,28)/t24-/m0/s1. The highest BCUT2D eigenvalue weighted by atomic mass is 16.2. The van der Waals surface area contributed by atoms with E-state index in [1.807, 2.05) is 0 Å². The largest absolute Gasteiger partial charge is 0.355 e. The molecule has 3 rings (SSSR count). The van der Waals surface area contributed by atoms with Gasteiger partial charge in [0.15, 0.2) is 0 Å². The van der Waals surface area contributed by atoms with E-state index >= 15 is 0 Å². The predicted molar refractivity (Wildman–Crippen MR) is 118 cm³/mol. The molecule has 0 aromatic heterocycles. The van der Waals surface area contributed by atoms with Gasteiger partial charge in [-0.1, -0.05) is 88.3 Å². The monoisotopic (exact) mass is 379 g/mol. The van der Waals surface area contributed by atoms with Gasteiger partial charge in [-0.3, -0.25) is 4.79 Å². The fourth-order valence-corrected chi connectivity index (χ4v) is 4.26. The SMILES string of the molecule is [CH2]CCC[C@H](NCc1ccc2ccccc2c1)C(=O)NCCC1CCCCC1. The first-order valence-electron chi connectivity index (χ1n) is 11.0. The van der Waals surface area contributed by atoms with Crippen LogP contribution in [0.5, 0.6) is 0 Å². The van der Waals surface area contributed by atoms with Crippen LogP contribution in [0, 0.1) is 12.8 Å². The van der Waals surface area contributed by atoms with E-state index in [0.717, 1.165) is 38.1 Å². The lowest BCUT2D eigenvalue weighted by atomic mass is 9.87. The molecule has 1 fully saturated rings.